The van der Waals surface area contributed by atoms with Gasteiger partial charge in [0, 0.05) is 31.9 Å². The average molecular weight is 429 g/mol. The SMILES string of the molecule is CCNC(=NCc1ccc(C(=O)OC)c(OC)c1)NC1CCN(c2ncccc2F)C1. The number of anilines is 1. The third kappa shape index (κ3) is 5.62. The lowest BCUT2D eigenvalue weighted by molar-refractivity contribution is 0.0597. The minimum atomic E-state index is -0.447. The van der Waals surface area contributed by atoms with E-state index in [0.717, 1.165) is 18.5 Å². The normalized spacial score (nSPS) is 16.2. The summed E-state index contributed by atoms with van der Waals surface area (Å²) >= 11 is 0. The van der Waals surface area contributed by atoms with Crippen molar-refractivity contribution in [3.05, 3.63) is 53.5 Å². The van der Waals surface area contributed by atoms with Crippen LogP contribution in [-0.4, -0.2) is 56.8 Å². The number of esters is 1. The Labute approximate surface area is 181 Å². The minimum absolute atomic E-state index is 0.121. The molecule has 0 radical (unpaired) electrons. The predicted molar refractivity (Wildman–Crippen MR) is 117 cm³/mol. The maximum Gasteiger partial charge on any atom is 0.341 e. The van der Waals surface area contributed by atoms with Crippen LogP contribution >= 0.6 is 0 Å². The number of methoxy groups -OCH3 is 2. The lowest BCUT2D eigenvalue weighted by Gasteiger charge is -2.20. The summed E-state index contributed by atoms with van der Waals surface area (Å²) in [6, 6.07) is 8.41. The molecular formula is C22H28FN5O3. The van der Waals surface area contributed by atoms with Gasteiger partial charge in [0.05, 0.1) is 20.8 Å². The molecule has 0 amide bonds. The zero-order chi connectivity index (χ0) is 22.2. The van der Waals surface area contributed by atoms with Gasteiger partial charge in [-0.2, -0.15) is 0 Å². The summed E-state index contributed by atoms with van der Waals surface area (Å²) in [4.78, 5) is 22.6. The fourth-order valence-corrected chi connectivity index (χ4v) is 3.48. The number of carbonyl (C=O) groups excluding carboxylic acids is 1. The van der Waals surface area contributed by atoms with Gasteiger partial charge in [0.25, 0.3) is 0 Å². The number of halogens is 1. The molecule has 0 spiro atoms. The Hall–Kier alpha value is -3.36. The number of rotatable bonds is 7. The van der Waals surface area contributed by atoms with Gasteiger partial charge in [-0.25, -0.2) is 19.2 Å². The molecular weight excluding hydrogens is 401 g/mol. The maximum atomic E-state index is 14.0. The molecule has 1 unspecified atom stereocenters. The largest absolute Gasteiger partial charge is 0.496 e. The first kappa shape index (κ1) is 22.3. The van der Waals surface area contributed by atoms with Crippen molar-refractivity contribution in [1.82, 2.24) is 15.6 Å². The molecule has 0 saturated carbocycles. The first-order valence-electron chi connectivity index (χ1n) is 10.2. The van der Waals surface area contributed by atoms with Crippen molar-refractivity contribution in [2.45, 2.75) is 25.9 Å². The molecule has 1 aliphatic rings. The monoisotopic (exact) mass is 429 g/mol. The van der Waals surface area contributed by atoms with Crippen molar-refractivity contribution in [2.24, 2.45) is 4.99 Å². The van der Waals surface area contributed by atoms with E-state index in [1.165, 1.54) is 20.3 Å². The molecule has 31 heavy (non-hydrogen) atoms. The highest BCUT2D eigenvalue weighted by molar-refractivity contribution is 5.92. The summed E-state index contributed by atoms with van der Waals surface area (Å²) in [7, 11) is 2.84. The predicted octanol–water partition coefficient (Wildman–Crippen LogP) is 2.35. The molecule has 3 rings (SSSR count). The van der Waals surface area contributed by atoms with Gasteiger partial charge < -0.3 is 25.0 Å². The van der Waals surface area contributed by atoms with E-state index in [-0.39, 0.29) is 11.9 Å². The Morgan fingerprint density at radius 2 is 2.19 bits per heavy atom. The second-order valence-corrected chi connectivity index (χ2v) is 7.11. The number of hydrogen-bond donors (Lipinski definition) is 2. The summed E-state index contributed by atoms with van der Waals surface area (Å²) in [5.41, 5.74) is 1.26. The lowest BCUT2D eigenvalue weighted by atomic mass is 10.1. The van der Waals surface area contributed by atoms with Gasteiger partial charge in [-0.1, -0.05) is 6.07 Å². The summed E-state index contributed by atoms with van der Waals surface area (Å²) in [5, 5.41) is 6.65. The van der Waals surface area contributed by atoms with Crippen LogP contribution in [0.25, 0.3) is 0 Å². The quantitative estimate of drug-likeness (QED) is 0.397. The van der Waals surface area contributed by atoms with Crippen molar-refractivity contribution in [2.75, 3.05) is 38.8 Å². The first-order valence-corrected chi connectivity index (χ1v) is 10.2. The number of aliphatic imine (C=N–C) groups is 1. The van der Waals surface area contributed by atoms with E-state index < -0.39 is 5.97 Å². The zero-order valence-electron chi connectivity index (χ0n) is 18.0. The van der Waals surface area contributed by atoms with E-state index in [1.54, 1.807) is 24.4 Å². The number of pyridine rings is 1. The second kappa shape index (κ2) is 10.6. The number of nitrogens with one attached hydrogen (secondary N) is 2. The Morgan fingerprint density at radius 1 is 1.35 bits per heavy atom. The molecule has 1 aliphatic heterocycles. The van der Waals surface area contributed by atoms with Crippen LogP contribution in [0.5, 0.6) is 5.75 Å². The summed E-state index contributed by atoms with van der Waals surface area (Å²) < 4.78 is 24.1. The number of ether oxygens (including phenoxy) is 2. The highest BCUT2D eigenvalue weighted by atomic mass is 19.1. The molecule has 0 bridgehead atoms. The third-order valence-electron chi connectivity index (χ3n) is 5.00. The molecule has 166 valence electrons. The minimum Gasteiger partial charge on any atom is -0.496 e. The highest BCUT2D eigenvalue weighted by Crippen LogP contribution is 2.22. The fourth-order valence-electron chi connectivity index (χ4n) is 3.48. The van der Waals surface area contributed by atoms with E-state index in [0.29, 0.717) is 42.7 Å². The summed E-state index contributed by atoms with van der Waals surface area (Å²) in [5.74, 6) is 0.741. The van der Waals surface area contributed by atoms with E-state index in [9.17, 15) is 9.18 Å². The van der Waals surface area contributed by atoms with Gasteiger partial charge in [0.1, 0.15) is 11.3 Å². The van der Waals surface area contributed by atoms with Crippen molar-refractivity contribution in [3.63, 3.8) is 0 Å². The molecule has 2 N–H and O–H groups in total. The molecule has 1 saturated heterocycles. The van der Waals surface area contributed by atoms with E-state index in [4.69, 9.17) is 9.47 Å². The first-order chi connectivity index (χ1) is 15.0. The van der Waals surface area contributed by atoms with Crippen LogP contribution in [-0.2, 0) is 11.3 Å². The van der Waals surface area contributed by atoms with Gasteiger partial charge in [-0.15, -0.1) is 0 Å². The smallest absolute Gasteiger partial charge is 0.341 e. The molecule has 1 aromatic carbocycles. The van der Waals surface area contributed by atoms with Crippen LogP contribution in [0.2, 0.25) is 0 Å². The van der Waals surface area contributed by atoms with Crippen LogP contribution in [0, 0.1) is 5.82 Å². The molecule has 9 heteroatoms. The standard InChI is InChI=1S/C22H28FN5O3/c1-4-24-22(26-13-15-7-8-17(21(29)31-3)19(12-15)30-2)27-16-9-11-28(14-16)20-18(23)6-5-10-25-20/h5-8,10,12,16H,4,9,11,13-14H2,1-3H3,(H2,24,26,27). The molecule has 1 aromatic heterocycles. The molecule has 0 aliphatic carbocycles. The van der Waals surface area contributed by atoms with Crippen molar-refractivity contribution in [3.8, 4) is 5.75 Å². The number of nitrogens with zero attached hydrogens (tertiary/aromatic N) is 3. The number of guanidine groups is 1. The van der Waals surface area contributed by atoms with Crippen LogP contribution in [0.15, 0.2) is 41.5 Å². The summed E-state index contributed by atoms with van der Waals surface area (Å²) in [6.07, 6.45) is 2.45. The van der Waals surface area contributed by atoms with Crippen molar-refractivity contribution >= 4 is 17.7 Å². The Morgan fingerprint density at radius 3 is 2.90 bits per heavy atom. The van der Waals surface area contributed by atoms with Gasteiger partial charge >= 0.3 is 5.97 Å². The van der Waals surface area contributed by atoms with Crippen LogP contribution in [0.3, 0.4) is 0 Å². The Kier molecular flexibility index (Phi) is 7.64. The fraction of sp³-hybridized carbons (Fsp3) is 0.409. The van der Waals surface area contributed by atoms with Gasteiger partial charge in [-0.05, 0) is 43.2 Å². The molecule has 1 atom stereocenters. The number of hydrogen-bond acceptors (Lipinski definition) is 6. The van der Waals surface area contributed by atoms with E-state index in [1.807, 2.05) is 17.9 Å². The zero-order valence-corrected chi connectivity index (χ0v) is 18.0. The summed E-state index contributed by atoms with van der Waals surface area (Å²) in [6.45, 7) is 4.47. The van der Waals surface area contributed by atoms with Crippen molar-refractivity contribution in [1.29, 1.82) is 0 Å². The Bertz CT molecular complexity index is 937. The molecule has 1 fully saturated rings. The van der Waals surface area contributed by atoms with Gasteiger partial charge in [-0.3, -0.25) is 0 Å². The number of aromatic nitrogens is 1. The molecule has 8 nitrogen and oxygen atoms in total. The Balaban J connectivity index is 1.66. The van der Waals surface area contributed by atoms with Crippen molar-refractivity contribution < 1.29 is 18.7 Å². The third-order valence-corrected chi connectivity index (χ3v) is 5.00. The van der Waals surface area contributed by atoms with Gasteiger partial charge in [0.2, 0.25) is 0 Å². The topological polar surface area (TPSA) is 88.1 Å². The lowest BCUT2D eigenvalue weighted by Crippen LogP contribution is -2.44. The maximum absolute atomic E-state index is 14.0. The van der Waals surface area contributed by atoms with Crippen LogP contribution < -0.4 is 20.3 Å². The molecule has 2 heterocycles. The molecule has 2 aromatic rings. The van der Waals surface area contributed by atoms with Gasteiger partial charge in [0.15, 0.2) is 17.6 Å². The average Bonchev–Trinajstić information content (AvgIpc) is 3.25. The van der Waals surface area contributed by atoms with Crippen LogP contribution in [0.4, 0.5) is 10.2 Å². The van der Waals surface area contributed by atoms with Crippen LogP contribution in [0.1, 0.15) is 29.3 Å². The van der Waals surface area contributed by atoms with E-state index >= 15 is 0 Å². The van der Waals surface area contributed by atoms with E-state index in [2.05, 4.69) is 20.6 Å². The number of benzene rings is 1. The number of carbonyl (C=O) groups is 1. The second-order valence-electron chi connectivity index (χ2n) is 7.11. The highest BCUT2D eigenvalue weighted by Gasteiger charge is 2.26.